The summed E-state index contributed by atoms with van der Waals surface area (Å²) in [5.74, 6) is 1.93. The van der Waals surface area contributed by atoms with Gasteiger partial charge in [0.25, 0.3) is 0 Å². The van der Waals surface area contributed by atoms with E-state index in [1.165, 1.54) is 0 Å². The van der Waals surface area contributed by atoms with Gasteiger partial charge in [0.1, 0.15) is 11.5 Å². The highest BCUT2D eigenvalue weighted by Crippen LogP contribution is 2.24. The molecule has 4 nitrogen and oxygen atoms in total. The molecule has 18 heavy (non-hydrogen) atoms. The predicted octanol–water partition coefficient (Wildman–Crippen LogP) is 2.28. The number of nitrogens with one attached hydrogen (secondary N) is 1. The fourth-order valence-corrected chi connectivity index (χ4v) is 2.47. The minimum Gasteiger partial charge on any atom is -0.464 e. The Morgan fingerprint density at radius 1 is 1.39 bits per heavy atom. The summed E-state index contributed by atoms with van der Waals surface area (Å²) in [4.78, 5) is 12.1. The van der Waals surface area contributed by atoms with E-state index in [0.29, 0.717) is 0 Å². The van der Waals surface area contributed by atoms with E-state index in [0.717, 1.165) is 37.2 Å². The summed E-state index contributed by atoms with van der Waals surface area (Å²) in [5.41, 5.74) is 5.85. The van der Waals surface area contributed by atoms with Crippen molar-refractivity contribution < 1.29 is 9.21 Å². The van der Waals surface area contributed by atoms with Crippen LogP contribution < -0.4 is 11.1 Å². The molecule has 1 atom stereocenters. The van der Waals surface area contributed by atoms with E-state index in [4.69, 9.17) is 10.2 Å². The van der Waals surface area contributed by atoms with Crippen LogP contribution in [0.25, 0.3) is 0 Å². The maximum absolute atomic E-state index is 12.1. The molecule has 0 bridgehead atoms. The third-order valence-corrected chi connectivity index (χ3v) is 3.69. The third kappa shape index (κ3) is 3.13. The van der Waals surface area contributed by atoms with Crippen LogP contribution in [0.4, 0.5) is 0 Å². The summed E-state index contributed by atoms with van der Waals surface area (Å²) in [6.07, 6.45) is 3.70. The predicted molar refractivity (Wildman–Crippen MR) is 69.9 cm³/mol. The Kier molecular flexibility index (Phi) is 4.07. The molecule has 1 heterocycles. The van der Waals surface area contributed by atoms with Gasteiger partial charge in [0.05, 0.1) is 6.04 Å². The molecule has 4 heteroatoms. The van der Waals surface area contributed by atoms with Crippen LogP contribution in [0.3, 0.4) is 0 Å². The van der Waals surface area contributed by atoms with Gasteiger partial charge in [0.15, 0.2) is 0 Å². The van der Waals surface area contributed by atoms with E-state index in [1.54, 1.807) is 0 Å². The molecule has 100 valence electrons. The van der Waals surface area contributed by atoms with Gasteiger partial charge >= 0.3 is 0 Å². The van der Waals surface area contributed by atoms with Crippen LogP contribution in [0.1, 0.15) is 50.2 Å². The van der Waals surface area contributed by atoms with Gasteiger partial charge < -0.3 is 15.5 Å². The SMILES string of the molecule is Cc1ccc(C(C)NC(=O)C2CCC(N)CC2)o1. The lowest BCUT2D eigenvalue weighted by Crippen LogP contribution is -2.37. The van der Waals surface area contributed by atoms with Crippen molar-refractivity contribution in [3.63, 3.8) is 0 Å². The van der Waals surface area contributed by atoms with Crippen LogP contribution in [0.2, 0.25) is 0 Å². The maximum atomic E-state index is 12.1. The molecule has 0 aromatic carbocycles. The van der Waals surface area contributed by atoms with E-state index in [-0.39, 0.29) is 23.9 Å². The summed E-state index contributed by atoms with van der Waals surface area (Å²) in [5, 5.41) is 3.02. The second-order valence-electron chi connectivity index (χ2n) is 5.29. The molecule has 1 aromatic rings. The number of hydrogen-bond acceptors (Lipinski definition) is 3. The summed E-state index contributed by atoms with van der Waals surface area (Å²) in [7, 11) is 0. The van der Waals surface area contributed by atoms with Crippen molar-refractivity contribution in [2.24, 2.45) is 11.7 Å². The molecule has 2 rings (SSSR count). The number of rotatable bonds is 3. The van der Waals surface area contributed by atoms with Crippen molar-refractivity contribution in [2.75, 3.05) is 0 Å². The maximum Gasteiger partial charge on any atom is 0.223 e. The molecule has 0 spiro atoms. The second kappa shape index (κ2) is 5.57. The van der Waals surface area contributed by atoms with Crippen LogP contribution in [0.15, 0.2) is 16.5 Å². The van der Waals surface area contributed by atoms with Gasteiger partial charge in [-0.15, -0.1) is 0 Å². The normalized spacial score (nSPS) is 25.7. The van der Waals surface area contributed by atoms with Crippen LogP contribution in [-0.4, -0.2) is 11.9 Å². The Bertz CT molecular complexity index is 406. The highest BCUT2D eigenvalue weighted by molar-refractivity contribution is 5.79. The highest BCUT2D eigenvalue weighted by Gasteiger charge is 2.26. The molecule has 1 unspecified atom stereocenters. The molecule has 0 radical (unpaired) electrons. The van der Waals surface area contributed by atoms with E-state index >= 15 is 0 Å². The lowest BCUT2D eigenvalue weighted by molar-refractivity contribution is -0.126. The number of carbonyl (C=O) groups excluding carboxylic acids is 1. The fourth-order valence-electron chi connectivity index (χ4n) is 2.47. The number of amides is 1. The van der Waals surface area contributed by atoms with Crippen molar-refractivity contribution in [1.82, 2.24) is 5.32 Å². The third-order valence-electron chi connectivity index (χ3n) is 3.69. The minimum absolute atomic E-state index is 0.0678. The molecule has 3 N–H and O–H groups in total. The zero-order valence-electron chi connectivity index (χ0n) is 11.1. The Hall–Kier alpha value is -1.29. The van der Waals surface area contributed by atoms with Crippen molar-refractivity contribution in [2.45, 2.75) is 51.6 Å². The highest BCUT2D eigenvalue weighted by atomic mass is 16.3. The molecular formula is C14H22N2O2. The molecule has 0 saturated heterocycles. The average Bonchev–Trinajstić information content (AvgIpc) is 2.76. The second-order valence-corrected chi connectivity index (χ2v) is 5.29. The molecule has 1 aliphatic rings. The van der Waals surface area contributed by atoms with Gasteiger partial charge in [-0.25, -0.2) is 0 Å². The largest absolute Gasteiger partial charge is 0.464 e. The standard InChI is InChI=1S/C14H22N2O2/c1-9-3-8-13(18-9)10(2)16-14(17)11-4-6-12(15)7-5-11/h3,8,10-12H,4-7,15H2,1-2H3,(H,16,17). The quantitative estimate of drug-likeness (QED) is 0.864. The van der Waals surface area contributed by atoms with Crippen LogP contribution in [0.5, 0.6) is 0 Å². The number of carbonyl (C=O) groups is 1. The van der Waals surface area contributed by atoms with Gasteiger partial charge in [-0.2, -0.15) is 0 Å². The van der Waals surface area contributed by atoms with Crippen molar-refractivity contribution in [3.05, 3.63) is 23.7 Å². The fraction of sp³-hybridized carbons (Fsp3) is 0.643. The van der Waals surface area contributed by atoms with Crippen LogP contribution >= 0.6 is 0 Å². The Balaban J connectivity index is 1.87. The van der Waals surface area contributed by atoms with Crippen molar-refractivity contribution >= 4 is 5.91 Å². The number of hydrogen-bond donors (Lipinski definition) is 2. The Morgan fingerprint density at radius 3 is 2.61 bits per heavy atom. The molecule has 1 aromatic heterocycles. The lowest BCUT2D eigenvalue weighted by atomic mass is 9.86. The van der Waals surface area contributed by atoms with E-state index in [9.17, 15) is 4.79 Å². The first-order chi connectivity index (χ1) is 8.56. The Labute approximate surface area is 108 Å². The topological polar surface area (TPSA) is 68.3 Å². The molecule has 1 aliphatic carbocycles. The zero-order valence-corrected chi connectivity index (χ0v) is 11.1. The van der Waals surface area contributed by atoms with Gasteiger partial charge in [0, 0.05) is 12.0 Å². The molecular weight excluding hydrogens is 228 g/mol. The number of aryl methyl sites for hydroxylation is 1. The van der Waals surface area contributed by atoms with Gasteiger partial charge in [-0.3, -0.25) is 4.79 Å². The Morgan fingerprint density at radius 2 is 2.06 bits per heavy atom. The average molecular weight is 250 g/mol. The summed E-state index contributed by atoms with van der Waals surface area (Å²) in [6.45, 7) is 3.85. The first-order valence-corrected chi connectivity index (χ1v) is 6.68. The smallest absolute Gasteiger partial charge is 0.223 e. The monoisotopic (exact) mass is 250 g/mol. The van der Waals surface area contributed by atoms with Crippen LogP contribution in [-0.2, 0) is 4.79 Å². The number of furan rings is 1. The summed E-state index contributed by atoms with van der Waals surface area (Å²) < 4.78 is 5.52. The first kappa shape index (κ1) is 13.1. The minimum atomic E-state index is -0.0678. The van der Waals surface area contributed by atoms with Gasteiger partial charge in [0.2, 0.25) is 5.91 Å². The zero-order chi connectivity index (χ0) is 13.1. The molecule has 1 saturated carbocycles. The van der Waals surface area contributed by atoms with Crippen molar-refractivity contribution in [1.29, 1.82) is 0 Å². The van der Waals surface area contributed by atoms with Gasteiger partial charge in [-0.05, 0) is 51.7 Å². The van der Waals surface area contributed by atoms with E-state index < -0.39 is 0 Å². The van der Waals surface area contributed by atoms with E-state index in [1.807, 2.05) is 26.0 Å². The van der Waals surface area contributed by atoms with E-state index in [2.05, 4.69) is 5.32 Å². The summed E-state index contributed by atoms with van der Waals surface area (Å²) in [6, 6.07) is 4.04. The van der Waals surface area contributed by atoms with Gasteiger partial charge in [-0.1, -0.05) is 0 Å². The molecule has 0 aliphatic heterocycles. The van der Waals surface area contributed by atoms with Crippen LogP contribution in [0, 0.1) is 12.8 Å². The summed E-state index contributed by atoms with van der Waals surface area (Å²) >= 11 is 0. The number of nitrogens with two attached hydrogens (primary N) is 1. The lowest BCUT2D eigenvalue weighted by Gasteiger charge is -2.26. The first-order valence-electron chi connectivity index (χ1n) is 6.68. The van der Waals surface area contributed by atoms with Crippen molar-refractivity contribution in [3.8, 4) is 0 Å². The molecule has 1 fully saturated rings. The molecule has 1 amide bonds.